The summed E-state index contributed by atoms with van der Waals surface area (Å²) < 4.78 is 9.52. The van der Waals surface area contributed by atoms with Gasteiger partial charge in [-0.1, -0.05) is 170 Å². The van der Waals surface area contributed by atoms with Gasteiger partial charge >= 0.3 is 0 Å². The molecule has 2 aliphatic carbocycles. The highest BCUT2D eigenvalue weighted by Gasteiger charge is 2.54. The van der Waals surface area contributed by atoms with Gasteiger partial charge in [-0.15, -0.1) is 0 Å². The number of aromatic nitrogens is 4. The molecule has 0 fully saturated rings. The van der Waals surface area contributed by atoms with Crippen LogP contribution in [0.25, 0.3) is 94.7 Å². The summed E-state index contributed by atoms with van der Waals surface area (Å²) in [7, 11) is 0. The number of hydrogen-bond acceptors (Lipinski definition) is 4. The van der Waals surface area contributed by atoms with Crippen molar-refractivity contribution in [1.82, 2.24) is 19.5 Å². The molecule has 0 saturated carbocycles. The van der Waals surface area contributed by atoms with Crippen LogP contribution in [0.3, 0.4) is 0 Å². The molecule has 0 N–H and O–H groups in total. The number of hydrogen-bond donors (Lipinski definition) is 0. The highest BCUT2D eigenvalue weighted by atomic mass is 16.3. The van der Waals surface area contributed by atoms with E-state index in [1.807, 2.05) is 36.4 Å². The Morgan fingerprint density at radius 2 is 0.947 bits per heavy atom. The first-order valence-electron chi connectivity index (χ1n) is 19.4. The summed E-state index contributed by atoms with van der Waals surface area (Å²) in [5, 5.41) is 4.39. The molecule has 3 aromatic heterocycles. The monoisotopic (exact) mass is 726 g/mol. The number of nitrogens with zero attached hydrogens (tertiary/aromatic N) is 4. The van der Waals surface area contributed by atoms with E-state index >= 15 is 0 Å². The van der Waals surface area contributed by atoms with E-state index in [1.165, 1.54) is 44.5 Å². The van der Waals surface area contributed by atoms with E-state index in [-0.39, 0.29) is 0 Å². The van der Waals surface area contributed by atoms with E-state index in [9.17, 15) is 0 Å². The van der Waals surface area contributed by atoms with Gasteiger partial charge in [0.1, 0.15) is 11.2 Å². The quantitative estimate of drug-likeness (QED) is 0.182. The van der Waals surface area contributed by atoms with Crippen LogP contribution in [0.2, 0.25) is 0 Å². The van der Waals surface area contributed by atoms with Crippen LogP contribution in [-0.2, 0) is 5.41 Å². The van der Waals surface area contributed by atoms with Gasteiger partial charge in [0.15, 0.2) is 11.6 Å². The van der Waals surface area contributed by atoms with E-state index in [0.717, 1.165) is 54.9 Å². The smallest absolute Gasteiger partial charge is 0.238 e. The molecular weight excluding hydrogens is 697 g/mol. The van der Waals surface area contributed by atoms with E-state index in [1.54, 1.807) is 0 Å². The molecule has 0 bridgehead atoms. The normalized spacial score (nSPS) is 13.4. The number of furan rings is 1. The lowest BCUT2D eigenvalue weighted by Crippen LogP contribution is -2.26. The lowest BCUT2D eigenvalue weighted by atomic mass is 9.70. The van der Waals surface area contributed by atoms with E-state index < -0.39 is 5.41 Å². The van der Waals surface area contributed by atoms with Crippen LogP contribution >= 0.6 is 0 Å². The molecule has 2 aliphatic rings. The second-order valence-electron chi connectivity index (χ2n) is 15.0. The highest BCUT2D eigenvalue weighted by Crippen LogP contribution is 2.66. The van der Waals surface area contributed by atoms with Gasteiger partial charge in [0.05, 0.1) is 21.8 Å². The average Bonchev–Trinajstić information content (AvgIpc) is 4.01. The SMILES string of the molecule is c1ccc(-c2nc(-c3ccccc3)nc(-n3c4ccccc4c4c5c(c6oc7ccccc7c6c43)C3(c4ccccc4-c4ccccc43)c3ccccc3-5)n2)cc1. The third kappa shape index (κ3) is 3.90. The Kier molecular flexibility index (Phi) is 6.04. The fourth-order valence-corrected chi connectivity index (χ4v) is 10.1. The number of fused-ring (bicyclic) bond motifs is 19. The van der Waals surface area contributed by atoms with Crippen molar-refractivity contribution in [2.45, 2.75) is 5.41 Å². The minimum absolute atomic E-state index is 0.554. The maximum absolute atomic E-state index is 7.26. The lowest BCUT2D eigenvalue weighted by Gasteiger charge is -2.30. The molecular formula is C52H30N4O. The molecule has 0 radical (unpaired) electrons. The Balaban J connectivity index is 1.27. The van der Waals surface area contributed by atoms with Crippen LogP contribution in [-0.4, -0.2) is 19.5 Å². The van der Waals surface area contributed by atoms with Crippen molar-refractivity contribution >= 4 is 43.7 Å². The maximum atomic E-state index is 7.26. The summed E-state index contributed by atoms with van der Waals surface area (Å²) in [6.45, 7) is 0. The van der Waals surface area contributed by atoms with Gasteiger partial charge in [-0.3, -0.25) is 4.57 Å². The third-order valence-electron chi connectivity index (χ3n) is 12.2. The molecule has 11 aromatic rings. The highest BCUT2D eigenvalue weighted by molar-refractivity contribution is 6.31. The third-order valence-corrected chi connectivity index (χ3v) is 12.2. The first-order chi connectivity index (χ1) is 28.3. The summed E-state index contributed by atoms with van der Waals surface area (Å²) >= 11 is 0. The van der Waals surface area contributed by atoms with Gasteiger partial charge < -0.3 is 4.42 Å². The fraction of sp³-hybridized carbons (Fsp3) is 0.0192. The Morgan fingerprint density at radius 1 is 0.439 bits per heavy atom. The summed E-state index contributed by atoms with van der Waals surface area (Å²) in [6, 6.07) is 64.4. The van der Waals surface area contributed by atoms with Crippen LogP contribution < -0.4 is 0 Å². The second kappa shape index (κ2) is 11.2. The number of rotatable bonds is 3. The van der Waals surface area contributed by atoms with Crippen molar-refractivity contribution in [3.05, 3.63) is 204 Å². The van der Waals surface area contributed by atoms with Crippen molar-refractivity contribution in [3.63, 3.8) is 0 Å². The van der Waals surface area contributed by atoms with Gasteiger partial charge in [-0.2, -0.15) is 9.97 Å². The molecule has 0 aliphatic heterocycles. The molecule has 8 aromatic carbocycles. The van der Waals surface area contributed by atoms with Crippen LogP contribution in [0, 0.1) is 0 Å². The summed E-state index contributed by atoms with van der Waals surface area (Å²) in [5.41, 5.74) is 14.9. The molecule has 0 amide bonds. The van der Waals surface area contributed by atoms with Crippen molar-refractivity contribution in [1.29, 1.82) is 0 Å². The van der Waals surface area contributed by atoms with Crippen molar-refractivity contribution in [3.8, 4) is 51.0 Å². The minimum atomic E-state index is -0.600. The summed E-state index contributed by atoms with van der Waals surface area (Å²) in [4.78, 5) is 15.7. The molecule has 0 unspecified atom stereocenters. The molecule has 0 saturated heterocycles. The van der Waals surface area contributed by atoms with E-state index in [4.69, 9.17) is 19.4 Å². The van der Waals surface area contributed by atoms with Crippen molar-refractivity contribution in [2.24, 2.45) is 0 Å². The molecule has 13 rings (SSSR count). The van der Waals surface area contributed by atoms with Crippen LogP contribution in [0.15, 0.2) is 186 Å². The van der Waals surface area contributed by atoms with Gasteiger partial charge in [0.25, 0.3) is 0 Å². The summed E-state index contributed by atoms with van der Waals surface area (Å²) in [5.74, 6) is 1.78. The van der Waals surface area contributed by atoms with Gasteiger partial charge in [-0.05, 0) is 45.5 Å². The average molecular weight is 727 g/mol. The predicted molar refractivity (Wildman–Crippen MR) is 229 cm³/mol. The zero-order valence-corrected chi connectivity index (χ0v) is 30.5. The molecule has 5 heteroatoms. The topological polar surface area (TPSA) is 56.7 Å². The fourth-order valence-electron chi connectivity index (χ4n) is 10.1. The Bertz CT molecular complexity index is 3370. The number of benzene rings is 8. The van der Waals surface area contributed by atoms with Gasteiger partial charge in [0, 0.05) is 38.4 Å². The standard InChI is InChI=1S/C52H30N4O/c1-3-17-31(18-4-1)49-53-50(32-19-5-2-6-20-32)55-51(54-49)56-41-29-15-10-24-36(41)44-43-35-23-9-14-28-40(35)52(38-26-12-7-21-33(38)34-22-8-13-27-39(34)52)46(43)48-45(47(44)56)37-25-11-16-30-42(37)57-48/h1-30H. The van der Waals surface area contributed by atoms with Gasteiger partial charge in [-0.25, -0.2) is 4.98 Å². The molecule has 3 heterocycles. The largest absolute Gasteiger partial charge is 0.456 e. The first kappa shape index (κ1) is 30.7. The summed E-state index contributed by atoms with van der Waals surface area (Å²) in [6.07, 6.45) is 0. The Hall–Kier alpha value is -7.63. The molecule has 1 spiro atoms. The molecule has 5 nitrogen and oxygen atoms in total. The molecule has 264 valence electrons. The van der Waals surface area contributed by atoms with Crippen LogP contribution in [0.4, 0.5) is 0 Å². The minimum Gasteiger partial charge on any atom is -0.456 e. The van der Waals surface area contributed by atoms with Crippen LogP contribution in [0.5, 0.6) is 0 Å². The lowest BCUT2D eigenvalue weighted by molar-refractivity contribution is 0.652. The molecule has 0 atom stereocenters. The first-order valence-corrected chi connectivity index (χ1v) is 19.4. The maximum Gasteiger partial charge on any atom is 0.238 e. The van der Waals surface area contributed by atoms with Crippen LogP contribution in [0.1, 0.15) is 22.3 Å². The second-order valence-corrected chi connectivity index (χ2v) is 15.0. The predicted octanol–water partition coefficient (Wildman–Crippen LogP) is 12.5. The number of para-hydroxylation sites is 2. The zero-order valence-electron chi connectivity index (χ0n) is 30.5. The zero-order chi connectivity index (χ0) is 37.2. The Labute approximate surface area is 327 Å². The van der Waals surface area contributed by atoms with Crippen molar-refractivity contribution in [2.75, 3.05) is 0 Å². The van der Waals surface area contributed by atoms with Gasteiger partial charge in [0.2, 0.25) is 5.95 Å². The van der Waals surface area contributed by atoms with E-state index in [0.29, 0.717) is 17.6 Å². The van der Waals surface area contributed by atoms with Crippen molar-refractivity contribution < 1.29 is 4.42 Å². The molecule has 57 heavy (non-hydrogen) atoms. The van der Waals surface area contributed by atoms with E-state index in [2.05, 4.69) is 150 Å². The Morgan fingerprint density at radius 3 is 1.60 bits per heavy atom.